The molecule has 2 aromatic carbocycles. The number of carbonyl (C=O) groups excluding carboxylic acids is 2. The molecule has 26 heteroatoms. The minimum absolute atomic E-state index is 0.184. The molecule has 2 fully saturated rings. The lowest BCUT2D eigenvalue weighted by Crippen LogP contribution is -2.74. The monoisotopic (exact) mass is 910 g/mol. The number of nitrogens with zero attached hydrogens (tertiary/aromatic N) is 3. The molecule has 3 aromatic rings. The maximum atomic E-state index is 13.7. The molecule has 2 saturated heterocycles. The number of aromatic nitrogens is 2. The molecule has 63 heavy (non-hydrogen) atoms. The number of aliphatic carboxylic acids is 1. The number of rotatable bonds is 16. The first kappa shape index (κ1) is 47.5. The second-order valence-corrected chi connectivity index (χ2v) is 16.5. The Kier molecular flexibility index (Phi) is 14.3. The topological polar surface area (TPSA) is 396 Å². The summed E-state index contributed by atoms with van der Waals surface area (Å²) >= 11 is 0. The third kappa shape index (κ3) is 9.34. The molecule has 1 aromatic heterocycles. The number of carbonyl (C=O) groups is 3. The molecule has 3 heterocycles. The summed E-state index contributed by atoms with van der Waals surface area (Å²) in [6.45, 7) is -3.42. The molecule has 3 aliphatic rings. The lowest BCUT2D eigenvalue weighted by atomic mass is 9.78. The zero-order chi connectivity index (χ0) is 46.1. The highest BCUT2D eigenvalue weighted by atomic mass is 31.1. The number of hydrogen-bond acceptors (Lipinski definition) is 21. The van der Waals surface area contributed by atoms with Crippen molar-refractivity contribution in [2.75, 3.05) is 32.6 Å². The van der Waals surface area contributed by atoms with E-state index in [1.165, 1.54) is 0 Å². The van der Waals surface area contributed by atoms with Crippen LogP contribution in [-0.4, -0.2) is 176 Å². The van der Waals surface area contributed by atoms with E-state index in [1.807, 2.05) is 12.1 Å². The number of amides is 2. The number of anilines is 1. The van der Waals surface area contributed by atoms with E-state index in [1.54, 1.807) is 36.4 Å². The summed E-state index contributed by atoms with van der Waals surface area (Å²) in [5, 5.41) is 110. The zero-order valence-corrected chi connectivity index (χ0v) is 34.0. The first-order valence-corrected chi connectivity index (χ1v) is 20.5. The van der Waals surface area contributed by atoms with Gasteiger partial charge in [-0.15, -0.1) is 0 Å². The molecule has 344 valence electrons. The number of methoxy groups -OCH3 is 1. The van der Waals surface area contributed by atoms with Crippen LogP contribution in [0.15, 0.2) is 65.6 Å². The van der Waals surface area contributed by atoms with Gasteiger partial charge in [0, 0.05) is 12.6 Å². The molecular formula is C37H47N6O19P. The summed E-state index contributed by atoms with van der Waals surface area (Å²) in [4.78, 5) is 55.5. The van der Waals surface area contributed by atoms with Crippen molar-refractivity contribution < 1.29 is 88.7 Å². The molecular weight excluding hydrogens is 863 g/mol. The molecule has 2 amide bonds. The molecule has 25 nitrogen and oxygen atoms in total. The summed E-state index contributed by atoms with van der Waals surface area (Å²) in [7, 11) is -2.89. The number of aliphatic hydroxyl groups is 9. The van der Waals surface area contributed by atoms with Gasteiger partial charge in [-0.05, 0) is 28.3 Å². The predicted molar refractivity (Wildman–Crippen MR) is 210 cm³/mol. The first-order valence-electron chi connectivity index (χ1n) is 19.1. The summed E-state index contributed by atoms with van der Waals surface area (Å²) in [5.74, 6) is -8.93. The Bertz CT molecular complexity index is 2210. The molecule has 3 unspecified atom stereocenters. The maximum absolute atomic E-state index is 13.7. The largest absolute Gasteiger partial charge is 0.479 e. The normalized spacial score (nSPS) is 29.1. The van der Waals surface area contributed by atoms with E-state index in [4.69, 9.17) is 24.5 Å². The van der Waals surface area contributed by atoms with Crippen LogP contribution >= 0.6 is 8.03 Å². The third-order valence-corrected chi connectivity index (χ3v) is 12.2. The molecule has 14 N–H and O–H groups in total. The Morgan fingerprint density at radius 2 is 1.63 bits per heavy atom. The number of nitrogens with two attached hydrogens (primary N) is 1. The predicted octanol–water partition coefficient (Wildman–Crippen LogP) is -4.55. The van der Waals surface area contributed by atoms with Crippen molar-refractivity contribution >= 4 is 31.8 Å². The van der Waals surface area contributed by atoms with Crippen molar-refractivity contribution in [3.05, 3.63) is 82.4 Å². The van der Waals surface area contributed by atoms with Gasteiger partial charge in [-0.2, -0.15) is 4.98 Å². The number of benzene rings is 2. The number of carboxylic acid groups (broad SMARTS) is 1. The molecule has 13 atom stereocenters. The van der Waals surface area contributed by atoms with E-state index in [0.29, 0.717) is 11.1 Å². The highest BCUT2D eigenvalue weighted by molar-refractivity contribution is 7.39. The second kappa shape index (κ2) is 19.0. The lowest BCUT2D eigenvalue weighted by molar-refractivity contribution is -0.326. The average Bonchev–Trinajstić information content (AvgIpc) is 3.75. The molecule has 0 bridgehead atoms. The van der Waals surface area contributed by atoms with Gasteiger partial charge in [0.15, 0.2) is 23.5 Å². The van der Waals surface area contributed by atoms with Gasteiger partial charge in [0.05, 0.1) is 26.3 Å². The molecule has 1 aliphatic carbocycles. The molecule has 0 radical (unpaired) electrons. The van der Waals surface area contributed by atoms with Crippen molar-refractivity contribution in [3.8, 4) is 11.1 Å². The van der Waals surface area contributed by atoms with E-state index in [-0.39, 0.29) is 5.82 Å². The summed E-state index contributed by atoms with van der Waals surface area (Å²) in [6.07, 6.45) is -18.3. The molecule has 2 aliphatic heterocycles. The number of carboxylic acids is 1. The fraction of sp³-hybridized carbons (Fsp3) is 0.486. The van der Waals surface area contributed by atoms with Gasteiger partial charge < -0.3 is 80.9 Å². The molecule has 0 spiro atoms. The van der Waals surface area contributed by atoms with E-state index in [9.17, 15) is 74.8 Å². The highest BCUT2D eigenvalue weighted by Gasteiger charge is 2.62. The van der Waals surface area contributed by atoms with Crippen LogP contribution in [0.5, 0.6) is 0 Å². The number of hydrazine groups is 1. The minimum atomic E-state index is -3.98. The van der Waals surface area contributed by atoms with Crippen LogP contribution in [0.4, 0.5) is 10.6 Å². The van der Waals surface area contributed by atoms with E-state index < -0.39 is 136 Å². The van der Waals surface area contributed by atoms with E-state index in [2.05, 4.69) is 15.7 Å². The van der Waals surface area contributed by atoms with E-state index >= 15 is 0 Å². The Hall–Kier alpha value is -4.96. The smallest absolute Gasteiger partial charge is 0.424 e. The minimum Gasteiger partial charge on any atom is -0.479 e. The van der Waals surface area contributed by atoms with Gasteiger partial charge in [0.2, 0.25) is 13.9 Å². The summed E-state index contributed by atoms with van der Waals surface area (Å²) < 4.78 is 35.1. The fourth-order valence-corrected chi connectivity index (χ4v) is 8.89. The number of fused-ring (bicyclic) bond motifs is 3. The Labute approximate surface area is 356 Å². The van der Waals surface area contributed by atoms with Crippen LogP contribution in [0.2, 0.25) is 0 Å². The Morgan fingerprint density at radius 1 is 1.02 bits per heavy atom. The average molecular weight is 911 g/mol. The van der Waals surface area contributed by atoms with Gasteiger partial charge in [-0.25, -0.2) is 24.8 Å². The SMILES string of the molecule is COC(=O)N(NCC(=O)NC1[C@H]([C@@H](O)[C@H](O)[C@@H](O)CO)O[C@](O)(CO[PH](=O)C(O)[C@H]2O[C@@H](n3ccc(N)nc3=O)[C@H](O)[C@@H]2O)C[C@]1(O)C(=O)O)C1c2ccccc2-c2ccccc21. The van der Waals surface area contributed by atoms with Crippen molar-refractivity contribution in [3.63, 3.8) is 0 Å². The summed E-state index contributed by atoms with van der Waals surface area (Å²) in [6, 6.07) is 12.2. The quantitative estimate of drug-likeness (QED) is 0.0475. The van der Waals surface area contributed by atoms with Gasteiger partial charge >= 0.3 is 17.8 Å². The Morgan fingerprint density at radius 3 is 2.21 bits per heavy atom. The van der Waals surface area contributed by atoms with Crippen LogP contribution in [0.3, 0.4) is 0 Å². The second-order valence-electron chi connectivity index (χ2n) is 15.0. The van der Waals surface area contributed by atoms with E-state index in [0.717, 1.165) is 40.1 Å². The van der Waals surface area contributed by atoms with Crippen molar-refractivity contribution in [2.45, 2.75) is 84.7 Å². The summed E-state index contributed by atoms with van der Waals surface area (Å²) in [5.41, 5.74) is 6.58. The van der Waals surface area contributed by atoms with Crippen LogP contribution < -0.4 is 22.2 Å². The van der Waals surface area contributed by atoms with Crippen LogP contribution in [-0.2, 0) is 32.9 Å². The number of nitrogens with one attached hydrogen (secondary N) is 2. The Balaban J connectivity index is 1.21. The van der Waals surface area contributed by atoms with Gasteiger partial charge in [-0.3, -0.25) is 13.9 Å². The van der Waals surface area contributed by atoms with Crippen LogP contribution in [0.25, 0.3) is 11.1 Å². The van der Waals surface area contributed by atoms with Gasteiger partial charge in [-0.1, -0.05) is 48.5 Å². The number of aliphatic hydroxyl groups excluding tert-OH is 7. The van der Waals surface area contributed by atoms with Gasteiger partial charge in [0.25, 0.3) is 0 Å². The third-order valence-electron chi connectivity index (χ3n) is 10.9. The zero-order valence-electron chi connectivity index (χ0n) is 33.0. The van der Waals surface area contributed by atoms with Crippen molar-refractivity contribution in [2.24, 2.45) is 0 Å². The van der Waals surface area contributed by atoms with Crippen LogP contribution in [0, 0.1) is 0 Å². The van der Waals surface area contributed by atoms with Crippen LogP contribution in [0.1, 0.15) is 29.8 Å². The van der Waals surface area contributed by atoms with Gasteiger partial charge in [0.1, 0.15) is 61.2 Å². The van der Waals surface area contributed by atoms with Crippen molar-refractivity contribution in [1.82, 2.24) is 25.3 Å². The number of nitrogen functional groups attached to an aromatic ring is 1. The standard InChI is InChI=1S/C37H47N6O19P/c1-59-35(55)43(23-18-8-4-2-6-16(18)17-7-3-5-9-19(17)23)39-12-22(46)41-30-28(25(48)24(47)20(45)13-44)62-36(56,14-37(30,57)33(52)53)15-60-63(58)32(51)29-26(49)27(50)31(61-29)42-11-10-21(38)40-34(42)54/h2-11,20,23-32,39,44-45,47-51,56-57,63H,12-15H2,1H3,(H,41,46)(H,52,53)(H2,38,40,54)/t20-,24+,25-,26-,27+,28-,29-,30?,31+,32?,36-,37+/m0/s1. The molecule has 0 saturated carbocycles. The van der Waals surface area contributed by atoms with Crippen molar-refractivity contribution in [1.29, 1.82) is 0 Å². The number of hydrogen-bond donors (Lipinski definition) is 13. The lowest BCUT2D eigenvalue weighted by Gasteiger charge is -2.50. The maximum Gasteiger partial charge on any atom is 0.424 e. The highest BCUT2D eigenvalue weighted by Crippen LogP contribution is 2.46. The molecule has 6 rings (SSSR count). The number of ether oxygens (including phenoxy) is 3. The first-order chi connectivity index (χ1) is 29.8. The fourth-order valence-electron chi connectivity index (χ4n) is 7.81.